The number of sulfonamides is 1. The Balaban J connectivity index is 1.93. The molecule has 0 aliphatic carbocycles. The third-order valence-electron chi connectivity index (χ3n) is 4.74. The Morgan fingerprint density at radius 3 is 2.77 bits per heavy atom. The minimum Gasteiger partial charge on any atom is -0.316 e. The fraction of sp³-hybridized carbons (Fsp3) is 0.571. The number of nitro groups is 1. The van der Waals surface area contributed by atoms with E-state index in [4.69, 9.17) is 0 Å². The van der Waals surface area contributed by atoms with Gasteiger partial charge in [-0.05, 0) is 44.3 Å². The summed E-state index contributed by atoms with van der Waals surface area (Å²) in [6.07, 6.45) is 0.838. The molecule has 0 spiro atoms. The number of nitrogens with zero attached hydrogens (tertiary/aromatic N) is 2. The number of rotatable bonds is 3. The zero-order chi connectivity index (χ0) is 15.9. The van der Waals surface area contributed by atoms with Gasteiger partial charge in [-0.15, -0.1) is 0 Å². The van der Waals surface area contributed by atoms with E-state index in [0.29, 0.717) is 24.9 Å². The van der Waals surface area contributed by atoms with E-state index in [9.17, 15) is 18.5 Å². The van der Waals surface area contributed by atoms with Crippen molar-refractivity contribution in [3.05, 3.63) is 33.9 Å². The molecule has 120 valence electrons. The second-order valence-electron chi connectivity index (χ2n) is 5.99. The Morgan fingerprint density at radius 1 is 1.32 bits per heavy atom. The summed E-state index contributed by atoms with van der Waals surface area (Å²) in [6.45, 7) is 4.25. The SMILES string of the molecule is Cc1c([N+](=O)[O-])cccc1S(=O)(=O)N1CCC2CNCC2C1. The molecule has 2 atom stereocenters. The average molecular weight is 325 g/mol. The largest absolute Gasteiger partial charge is 0.316 e. The molecular formula is C14H19N3O4S. The second-order valence-corrected chi connectivity index (χ2v) is 7.89. The zero-order valence-corrected chi connectivity index (χ0v) is 13.2. The molecule has 0 aromatic heterocycles. The Hall–Kier alpha value is -1.51. The highest BCUT2D eigenvalue weighted by Gasteiger charge is 2.38. The first-order valence-corrected chi connectivity index (χ1v) is 8.80. The molecule has 0 saturated carbocycles. The second kappa shape index (κ2) is 5.60. The molecule has 0 bridgehead atoms. The molecule has 1 aromatic carbocycles. The van der Waals surface area contributed by atoms with Gasteiger partial charge in [-0.25, -0.2) is 8.42 Å². The summed E-state index contributed by atoms with van der Waals surface area (Å²) < 4.78 is 27.2. The number of hydrogen-bond donors (Lipinski definition) is 1. The summed E-state index contributed by atoms with van der Waals surface area (Å²) in [4.78, 5) is 10.5. The number of benzene rings is 1. The molecule has 3 rings (SSSR count). The predicted molar refractivity (Wildman–Crippen MR) is 81.1 cm³/mol. The maximum atomic E-state index is 12.9. The van der Waals surface area contributed by atoms with Crippen LogP contribution in [0.3, 0.4) is 0 Å². The smallest absolute Gasteiger partial charge is 0.273 e. The lowest BCUT2D eigenvalue weighted by Crippen LogP contribution is -2.43. The van der Waals surface area contributed by atoms with Crippen molar-refractivity contribution in [1.82, 2.24) is 9.62 Å². The summed E-state index contributed by atoms with van der Waals surface area (Å²) in [6, 6.07) is 4.22. The Morgan fingerprint density at radius 2 is 2.05 bits per heavy atom. The minimum atomic E-state index is -3.69. The first-order valence-electron chi connectivity index (χ1n) is 7.36. The summed E-state index contributed by atoms with van der Waals surface area (Å²) in [5, 5.41) is 14.3. The van der Waals surface area contributed by atoms with Crippen molar-refractivity contribution in [2.75, 3.05) is 26.2 Å². The average Bonchev–Trinajstić information content (AvgIpc) is 2.94. The van der Waals surface area contributed by atoms with Crippen LogP contribution >= 0.6 is 0 Å². The van der Waals surface area contributed by atoms with Crippen LogP contribution in [0, 0.1) is 28.9 Å². The highest BCUT2D eigenvalue weighted by molar-refractivity contribution is 7.89. The Kier molecular flexibility index (Phi) is 3.92. The highest BCUT2D eigenvalue weighted by Crippen LogP contribution is 2.32. The summed E-state index contributed by atoms with van der Waals surface area (Å²) in [5.74, 6) is 0.875. The van der Waals surface area contributed by atoms with Gasteiger partial charge in [-0.3, -0.25) is 10.1 Å². The van der Waals surface area contributed by atoms with E-state index in [0.717, 1.165) is 19.5 Å². The van der Waals surface area contributed by atoms with Crippen molar-refractivity contribution in [3.8, 4) is 0 Å². The topological polar surface area (TPSA) is 92.5 Å². The molecule has 2 aliphatic rings. The lowest BCUT2D eigenvalue weighted by molar-refractivity contribution is -0.385. The molecular weight excluding hydrogens is 306 g/mol. The third-order valence-corrected chi connectivity index (χ3v) is 6.75. The molecule has 2 fully saturated rings. The first kappa shape index (κ1) is 15.4. The fourth-order valence-corrected chi connectivity index (χ4v) is 5.19. The molecule has 0 amide bonds. The molecule has 2 heterocycles. The van der Waals surface area contributed by atoms with Gasteiger partial charge in [-0.2, -0.15) is 4.31 Å². The molecule has 2 saturated heterocycles. The van der Waals surface area contributed by atoms with E-state index >= 15 is 0 Å². The molecule has 2 aliphatic heterocycles. The van der Waals surface area contributed by atoms with E-state index in [1.807, 2.05) is 0 Å². The zero-order valence-electron chi connectivity index (χ0n) is 12.4. The lowest BCUT2D eigenvalue weighted by Gasteiger charge is -2.33. The van der Waals surface area contributed by atoms with Crippen LogP contribution in [-0.2, 0) is 10.0 Å². The molecule has 7 nitrogen and oxygen atoms in total. The van der Waals surface area contributed by atoms with Gasteiger partial charge in [0.1, 0.15) is 0 Å². The van der Waals surface area contributed by atoms with Crippen molar-refractivity contribution < 1.29 is 13.3 Å². The number of nitro benzene ring substituents is 1. The Labute approximate surface area is 129 Å². The van der Waals surface area contributed by atoms with Crippen LogP contribution in [0.4, 0.5) is 5.69 Å². The predicted octanol–water partition coefficient (Wildman–Crippen LogP) is 1.13. The molecule has 2 unspecified atom stereocenters. The number of nitrogens with one attached hydrogen (secondary N) is 1. The number of fused-ring (bicyclic) bond motifs is 1. The van der Waals surface area contributed by atoms with Crippen molar-refractivity contribution >= 4 is 15.7 Å². The van der Waals surface area contributed by atoms with E-state index in [1.165, 1.54) is 29.4 Å². The van der Waals surface area contributed by atoms with Crippen LogP contribution in [0.1, 0.15) is 12.0 Å². The highest BCUT2D eigenvalue weighted by atomic mass is 32.2. The van der Waals surface area contributed by atoms with Gasteiger partial charge in [-0.1, -0.05) is 6.07 Å². The maximum absolute atomic E-state index is 12.9. The van der Waals surface area contributed by atoms with Crippen LogP contribution in [0.25, 0.3) is 0 Å². The first-order chi connectivity index (χ1) is 10.4. The normalized spacial score (nSPS) is 25.9. The number of piperidine rings is 1. The lowest BCUT2D eigenvalue weighted by atomic mass is 9.90. The summed E-state index contributed by atoms with van der Waals surface area (Å²) >= 11 is 0. The van der Waals surface area contributed by atoms with Gasteiger partial charge >= 0.3 is 0 Å². The standard InChI is InChI=1S/C14H19N3O4S/c1-10-13(17(18)19)3-2-4-14(10)22(20,21)16-6-5-11-7-15-8-12(11)9-16/h2-4,11-12,15H,5-9H2,1H3. The summed E-state index contributed by atoms with van der Waals surface area (Å²) in [7, 11) is -3.69. The summed E-state index contributed by atoms with van der Waals surface area (Å²) in [5.41, 5.74) is 0.0534. The fourth-order valence-electron chi connectivity index (χ4n) is 3.44. The van der Waals surface area contributed by atoms with Crippen molar-refractivity contribution in [2.24, 2.45) is 11.8 Å². The molecule has 1 N–H and O–H groups in total. The molecule has 8 heteroatoms. The molecule has 1 aromatic rings. The van der Waals surface area contributed by atoms with Crippen LogP contribution in [-0.4, -0.2) is 43.8 Å². The molecule has 22 heavy (non-hydrogen) atoms. The Bertz CT molecular complexity index is 704. The van der Waals surface area contributed by atoms with E-state index in [2.05, 4.69) is 5.32 Å². The van der Waals surface area contributed by atoms with Gasteiger partial charge in [0, 0.05) is 24.7 Å². The third kappa shape index (κ3) is 2.51. The van der Waals surface area contributed by atoms with E-state index < -0.39 is 14.9 Å². The van der Waals surface area contributed by atoms with Crippen molar-refractivity contribution in [3.63, 3.8) is 0 Å². The molecule has 0 radical (unpaired) electrons. The quantitative estimate of drug-likeness (QED) is 0.664. The van der Waals surface area contributed by atoms with Crippen LogP contribution in [0.5, 0.6) is 0 Å². The van der Waals surface area contributed by atoms with Gasteiger partial charge in [0.25, 0.3) is 5.69 Å². The van der Waals surface area contributed by atoms with Crippen LogP contribution in [0.2, 0.25) is 0 Å². The van der Waals surface area contributed by atoms with Gasteiger partial charge < -0.3 is 5.32 Å². The van der Waals surface area contributed by atoms with Crippen molar-refractivity contribution in [2.45, 2.75) is 18.2 Å². The van der Waals surface area contributed by atoms with Gasteiger partial charge in [0.05, 0.1) is 9.82 Å². The minimum absolute atomic E-state index is 0.0473. The van der Waals surface area contributed by atoms with Crippen molar-refractivity contribution in [1.29, 1.82) is 0 Å². The van der Waals surface area contributed by atoms with E-state index in [1.54, 1.807) is 0 Å². The monoisotopic (exact) mass is 325 g/mol. The number of hydrogen-bond acceptors (Lipinski definition) is 5. The van der Waals surface area contributed by atoms with Crippen LogP contribution < -0.4 is 5.32 Å². The maximum Gasteiger partial charge on any atom is 0.273 e. The van der Waals surface area contributed by atoms with Gasteiger partial charge in [0.15, 0.2) is 0 Å². The van der Waals surface area contributed by atoms with E-state index in [-0.39, 0.29) is 16.1 Å². The van der Waals surface area contributed by atoms with Gasteiger partial charge in [0.2, 0.25) is 10.0 Å². The van der Waals surface area contributed by atoms with Crippen LogP contribution in [0.15, 0.2) is 23.1 Å².